The summed E-state index contributed by atoms with van der Waals surface area (Å²) in [7, 11) is 0. The molecule has 0 fully saturated rings. The van der Waals surface area contributed by atoms with E-state index >= 15 is 0 Å². The molecule has 0 aromatic heterocycles. The molecule has 19 heavy (non-hydrogen) atoms. The third-order valence-electron chi connectivity index (χ3n) is 1.71. The normalized spacial score (nSPS) is 29.9. The van der Waals surface area contributed by atoms with Crippen molar-refractivity contribution in [3.05, 3.63) is 73.5 Å². The van der Waals surface area contributed by atoms with Crippen LogP contribution in [0.3, 0.4) is 0 Å². The first-order valence-corrected chi connectivity index (χ1v) is 5.69. The molecule has 97 valence electrons. The zero-order valence-corrected chi connectivity index (χ0v) is 10.4. The highest BCUT2D eigenvalue weighted by atomic mass is 16.5. The number of aliphatic imine (C=N–C) groups is 2. The number of rotatable bonds is 0. The molecule has 0 N–H and O–H groups in total. The smallest absolute Gasteiger partial charge is 0.180 e. The van der Waals surface area contributed by atoms with Gasteiger partial charge in [0.25, 0.3) is 0 Å². The molecule has 1 radical (unpaired) electrons. The van der Waals surface area contributed by atoms with Crippen molar-refractivity contribution in [3.8, 4) is 0 Å². The molecule has 0 saturated heterocycles. The maximum atomic E-state index is 5.19. The molecule has 1 rings (SSSR count). The number of ether oxygens (including phenoxy) is 2. The van der Waals surface area contributed by atoms with Crippen LogP contribution in [0.4, 0.5) is 0 Å². The Morgan fingerprint density at radius 1 is 0.895 bits per heavy atom. The Morgan fingerprint density at radius 3 is 2.68 bits per heavy atom. The second kappa shape index (κ2) is 11.9. The summed E-state index contributed by atoms with van der Waals surface area (Å²) in [5, 5.41) is 0. The van der Waals surface area contributed by atoms with Gasteiger partial charge in [0.15, 0.2) is 6.40 Å². The lowest BCUT2D eigenvalue weighted by atomic mass is 10.4. The highest BCUT2D eigenvalue weighted by molar-refractivity contribution is 5.71. The van der Waals surface area contributed by atoms with Gasteiger partial charge < -0.3 is 9.47 Å². The van der Waals surface area contributed by atoms with Crippen LogP contribution in [0.15, 0.2) is 77.3 Å². The molecule has 4 nitrogen and oxygen atoms in total. The molecule has 0 aromatic rings. The Morgan fingerprint density at radius 2 is 1.74 bits per heavy atom. The lowest BCUT2D eigenvalue weighted by Gasteiger charge is -1.90. The second-order valence-electron chi connectivity index (χ2n) is 3.12. The zero-order valence-electron chi connectivity index (χ0n) is 10.4. The van der Waals surface area contributed by atoms with Gasteiger partial charge in [-0.25, -0.2) is 4.99 Å². The fourth-order valence-corrected chi connectivity index (χ4v) is 0.939. The predicted octanol–water partition coefficient (Wildman–Crippen LogP) is 3.10. The van der Waals surface area contributed by atoms with Crippen molar-refractivity contribution in [1.82, 2.24) is 0 Å². The molecule has 1 heterocycles. The SMILES string of the molecule is [C]1=C\N=C/C=C\OC\C=C/C=C\C=C/C=C\O\C=N/1. The van der Waals surface area contributed by atoms with Crippen LogP contribution in [0.1, 0.15) is 0 Å². The molecule has 0 aromatic carbocycles. The van der Waals surface area contributed by atoms with Crippen LogP contribution in [0.5, 0.6) is 0 Å². The zero-order chi connectivity index (χ0) is 13.4. The molecule has 4 heteroatoms. The van der Waals surface area contributed by atoms with E-state index in [-0.39, 0.29) is 0 Å². The van der Waals surface area contributed by atoms with Crippen molar-refractivity contribution >= 4 is 12.6 Å². The van der Waals surface area contributed by atoms with Crippen LogP contribution in [0.2, 0.25) is 0 Å². The minimum Gasteiger partial charge on any atom is -0.497 e. The van der Waals surface area contributed by atoms with E-state index in [9.17, 15) is 0 Å². The van der Waals surface area contributed by atoms with Gasteiger partial charge in [-0.1, -0.05) is 30.4 Å². The molecule has 0 saturated carbocycles. The van der Waals surface area contributed by atoms with E-state index in [1.165, 1.54) is 18.9 Å². The van der Waals surface area contributed by atoms with Gasteiger partial charge in [0.05, 0.1) is 18.7 Å². The van der Waals surface area contributed by atoms with Gasteiger partial charge in [-0.3, -0.25) is 4.99 Å². The first kappa shape index (κ1) is 14.4. The molecule has 0 bridgehead atoms. The number of hydrogen-bond acceptors (Lipinski definition) is 4. The van der Waals surface area contributed by atoms with Crippen molar-refractivity contribution in [2.45, 2.75) is 0 Å². The van der Waals surface area contributed by atoms with Gasteiger partial charge in [-0.05, 0) is 18.2 Å². The average molecular weight is 255 g/mol. The molecular formula is C15H15N2O2. The van der Waals surface area contributed by atoms with E-state index in [4.69, 9.17) is 9.47 Å². The Balaban J connectivity index is 2.54. The van der Waals surface area contributed by atoms with Gasteiger partial charge >= 0.3 is 0 Å². The molecule has 0 atom stereocenters. The van der Waals surface area contributed by atoms with Crippen LogP contribution in [-0.4, -0.2) is 19.2 Å². The van der Waals surface area contributed by atoms with Crippen molar-refractivity contribution in [3.63, 3.8) is 0 Å². The standard InChI is InChI=1S/C15H15N2O2/c1-2-4-6-12-18-14-8-9-16-10-11-17-15-19-13-7-5-3-1/h1-10,13-15H,12H2/b2-1-,5-3-,6-4-,11-10?,13-7-,14-8-,16-9-,17-15-. The molecule has 0 aliphatic carbocycles. The van der Waals surface area contributed by atoms with Gasteiger partial charge in [-0.2, -0.15) is 0 Å². The van der Waals surface area contributed by atoms with Crippen molar-refractivity contribution in [2.75, 3.05) is 6.61 Å². The molecule has 0 unspecified atom stereocenters. The van der Waals surface area contributed by atoms with E-state index in [0.717, 1.165) is 0 Å². The van der Waals surface area contributed by atoms with Crippen molar-refractivity contribution < 1.29 is 9.47 Å². The fraction of sp³-hybridized carbons (Fsp3) is 0.0667. The van der Waals surface area contributed by atoms with Crippen molar-refractivity contribution in [1.29, 1.82) is 0 Å². The Labute approximate surface area is 113 Å². The quantitative estimate of drug-likeness (QED) is 0.667. The molecule has 0 spiro atoms. The summed E-state index contributed by atoms with van der Waals surface area (Å²) in [6.45, 7) is 0.512. The summed E-state index contributed by atoms with van der Waals surface area (Å²) in [4.78, 5) is 7.62. The lowest BCUT2D eigenvalue weighted by Crippen LogP contribution is -1.79. The Kier molecular flexibility index (Phi) is 9.01. The van der Waals surface area contributed by atoms with E-state index in [1.54, 1.807) is 24.6 Å². The Bertz CT molecular complexity index is 411. The molecule has 1 aliphatic rings. The number of allylic oxidation sites excluding steroid dienone is 7. The first-order valence-electron chi connectivity index (χ1n) is 5.69. The van der Waals surface area contributed by atoms with E-state index in [0.29, 0.717) is 6.61 Å². The summed E-state index contributed by atoms with van der Waals surface area (Å²) in [6.07, 6.45) is 24.7. The summed E-state index contributed by atoms with van der Waals surface area (Å²) in [6, 6.07) is 0. The third-order valence-corrected chi connectivity index (χ3v) is 1.71. The van der Waals surface area contributed by atoms with Crippen LogP contribution in [0.25, 0.3) is 0 Å². The summed E-state index contributed by atoms with van der Waals surface area (Å²) >= 11 is 0. The minimum atomic E-state index is 0.512. The largest absolute Gasteiger partial charge is 0.497 e. The van der Waals surface area contributed by atoms with Gasteiger partial charge in [0, 0.05) is 6.21 Å². The Hall–Kier alpha value is -2.62. The van der Waals surface area contributed by atoms with Gasteiger partial charge in [-0.15, -0.1) is 0 Å². The number of nitrogens with zero attached hydrogens (tertiary/aromatic N) is 2. The van der Waals surface area contributed by atoms with Gasteiger partial charge in [0.1, 0.15) is 12.8 Å². The number of hydrogen-bond donors (Lipinski definition) is 0. The highest BCUT2D eigenvalue weighted by Gasteiger charge is 1.73. The molecular weight excluding hydrogens is 240 g/mol. The van der Waals surface area contributed by atoms with E-state index < -0.39 is 0 Å². The summed E-state index contributed by atoms with van der Waals surface area (Å²) in [5.41, 5.74) is 0. The summed E-state index contributed by atoms with van der Waals surface area (Å²) in [5.74, 6) is 0. The minimum absolute atomic E-state index is 0.512. The van der Waals surface area contributed by atoms with Crippen molar-refractivity contribution in [2.24, 2.45) is 9.98 Å². The van der Waals surface area contributed by atoms with Gasteiger partial charge in [0.2, 0.25) is 0 Å². The topological polar surface area (TPSA) is 43.2 Å². The van der Waals surface area contributed by atoms with Crippen LogP contribution in [0, 0.1) is 6.20 Å². The third kappa shape index (κ3) is 10.3. The van der Waals surface area contributed by atoms with Crippen LogP contribution < -0.4 is 0 Å². The predicted molar refractivity (Wildman–Crippen MR) is 77.5 cm³/mol. The first-order chi connectivity index (χ1) is 9.50. The van der Waals surface area contributed by atoms with Crippen LogP contribution in [-0.2, 0) is 9.47 Å². The maximum Gasteiger partial charge on any atom is 0.180 e. The fourth-order valence-electron chi connectivity index (χ4n) is 0.939. The van der Waals surface area contributed by atoms with Crippen LogP contribution >= 0.6 is 0 Å². The van der Waals surface area contributed by atoms with E-state index in [2.05, 4.69) is 16.2 Å². The lowest BCUT2D eigenvalue weighted by molar-refractivity contribution is 0.290. The van der Waals surface area contributed by atoms with E-state index in [1.807, 2.05) is 36.5 Å². The summed E-state index contributed by atoms with van der Waals surface area (Å²) < 4.78 is 10.2. The molecule has 0 amide bonds. The highest BCUT2D eigenvalue weighted by Crippen LogP contribution is 1.85. The average Bonchev–Trinajstić information content (AvgIpc) is 2.43. The maximum absolute atomic E-state index is 5.19. The monoisotopic (exact) mass is 255 g/mol. The second-order valence-corrected chi connectivity index (χ2v) is 3.12. The molecule has 1 aliphatic heterocycles.